The van der Waals surface area contributed by atoms with Crippen LogP contribution in [0.15, 0.2) is 53.4 Å². The van der Waals surface area contributed by atoms with Crippen LogP contribution < -0.4 is 5.32 Å². The Hall–Kier alpha value is -2.46. The Morgan fingerprint density at radius 1 is 1.06 bits per heavy atom. The van der Waals surface area contributed by atoms with Gasteiger partial charge in [-0.3, -0.25) is 4.79 Å². The highest BCUT2D eigenvalue weighted by Crippen LogP contribution is 2.31. The molecule has 3 rings (SSSR count). The standard InChI is InChI=1S/C21H22F4N2O3S/c22-17-10-8-15(9-11-17)13-27(14-20(28)26-18-5-1-2-6-18)31(29,30)19-7-3-4-16(12-19)21(23,24)25/h3-4,7-12,18H,1-2,5-6,13-14H2,(H,26,28). The lowest BCUT2D eigenvalue weighted by Gasteiger charge is -2.23. The minimum atomic E-state index is -4.72. The van der Waals surface area contributed by atoms with Crippen molar-refractivity contribution in [3.8, 4) is 0 Å². The Morgan fingerprint density at radius 3 is 2.32 bits per heavy atom. The molecular formula is C21H22F4N2O3S. The van der Waals surface area contributed by atoms with Crippen LogP contribution in [-0.4, -0.2) is 31.2 Å². The van der Waals surface area contributed by atoms with E-state index in [0.717, 1.165) is 60.3 Å². The molecule has 0 unspecified atom stereocenters. The van der Waals surface area contributed by atoms with Gasteiger partial charge in [0.1, 0.15) is 5.82 Å². The van der Waals surface area contributed by atoms with Crippen LogP contribution in [0.2, 0.25) is 0 Å². The summed E-state index contributed by atoms with van der Waals surface area (Å²) in [4.78, 5) is 11.9. The molecule has 31 heavy (non-hydrogen) atoms. The van der Waals surface area contributed by atoms with E-state index in [1.54, 1.807) is 0 Å². The van der Waals surface area contributed by atoms with Gasteiger partial charge in [-0.25, -0.2) is 12.8 Å². The molecule has 1 fully saturated rings. The molecule has 0 spiro atoms. The summed E-state index contributed by atoms with van der Waals surface area (Å²) in [5, 5.41) is 2.78. The molecule has 0 aromatic heterocycles. The number of nitrogens with one attached hydrogen (secondary N) is 1. The van der Waals surface area contributed by atoms with Crippen molar-refractivity contribution in [1.29, 1.82) is 0 Å². The quantitative estimate of drug-likeness (QED) is 0.636. The summed E-state index contributed by atoms with van der Waals surface area (Å²) < 4.78 is 79.6. The topological polar surface area (TPSA) is 66.5 Å². The van der Waals surface area contributed by atoms with Gasteiger partial charge in [0.05, 0.1) is 17.0 Å². The number of rotatable bonds is 7. The van der Waals surface area contributed by atoms with E-state index in [0.29, 0.717) is 11.6 Å². The Labute approximate surface area is 178 Å². The van der Waals surface area contributed by atoms with Crippen LogP contribution in [0.4, 0.5) is 17.6 Å². The fourth-order valence-corrected chi connectivity index (χ4v) is 4.94. The number of sulfonamides is 1. The van der Waals surface area contributed by atoms with E-state index in [9.17, 15) is 30.8 Å². The third kappa shape index (κ3) is 6.04. The summed E-state index contributed by atoms with van der Waals surface area (Å²) >= 11 is 0. The third-order valence-corrected chi connectivity index (χ3v) is 6.90. The third-order valence-electron chi connectivity index (χ3n) is 5.11. The molecule has 1 amide bonds. The van der Waals surface area contributed by atoms with E-state index < -0.39 is 44.9 Å². The zero-order valence-corrected chi connectivity index (χ0v) is 17.3. The minimum absolute atomic E-state index is 0.0450. The second kappa shape index (κ2) is 9.35. The summed E-state index contributed by atoms with van der Waals surface area (Å²) in [5.74, 6) is -1.06. The van der Waals surface area contributed by atoms with E-state index in [4.69, 9.17) is 0 Å². The van der Waals surface area contributed by atoms with Crippen LogP contribution in [0, 0.1) is 5.82 Å². The maximum absolute atomic E-state index is 13.2. The van der Waals surface area contributed by atoms with Crippen molar-refractivity contribution in [1.82, 2.24) is 9.62 Å². The lowest BCUT2D eigenvalue weighted by molar-refractivity contribution is -0.137. The van der Waals surface area contributed by atoms with Gasteiger partial charge in [0, 0.05) is 12.6 Å². The number of carbonyl (C=O) groups excluding carboxylic acids is 1. The SMILES string of the molecule is O=C(CN(Cc1ccc(F)cc1)S(=O)(=O)c1cccc(C(F)(F)F)c1)NC1CCCC1. The van der Waals surface area contributed by atoms with Gasteiger partial charge in [-0.15, -0.1) is 0 Å². The number of nitrogens with zero attached hydrogens (tertiary/aromatic N) is 1. The molecule has 0 heterocycles. The van der Waals surface area contributed by atoms with Gasteiger partial charge >= 0.3 is 6.18 Å². The number of carbonyl (C=O) groups is 1. The summed E-state index contributed by atoms with van der Waals surface area (Å²) in [6.07, 6.45) is -1.19. The first kappa shape index (κ1) is 23.2. The minimum Gasteiger partial charge on any atom is -0.352 e. The summed E-state index contributed by atoms with van der Waals surface area (Å²) in [6.45, 7) is -0.858. The van der Waals surface area contributed by atoms with E-state index in [1.807, 2.05) is 0 Å². The fourth-order valence-electron chi connectivity index (χ4n) is 3.50. The first-order chi connectivity index (χ1) is 14.6. The van der Waals surface area contributed by atoms with Crippen LogP contribution in [-0.2, 0) is 27.5 Å². The monoisotopic (exact) mass is 458 g/mol. The second-order valence-corrected chi connectivity index (χ2v) is 9.41. The lowest BCUT2D eigenvalue weighted by Crippen LogP contribution is -2.43. The van der Waals surface area contributed by atoms with Crippen molar-refractivity contribution in [2.45, 2.75) is 49.3 Å². The Bertz CT molecular complexity index is 1020. The fraction of sp³-hybridized carbons (Fsp3) is 0.381. The molecule has 1 aliphatic carbocycles. The van der Waals surface area contributed by atoms with Crippen molar-refractivity contribution in [2.24, 2.45) is 0 Å². The number of amides is 1. The molecule has 5 nitrogen and oxygen atoms in total. The molecule has 0 bridgehead atoms. The van der Waals surface area contributed by atoms with Gasteiger partial charge in [-0.05, 0) is 48.7 Å². The molecule has 10 heteroatoms. The lowest BCUT2D eigenvalue weighted by atomic mass is 10.2. The molecule has 0 radical (unpaired) electrons. The normalized spacial score (nSPS) is 15.4. The summed E-state index contributed by atoms with van der Waals surface area (Å²) in [7, 11) is -4.44. The Morgan fingerprint density at radius 2 is 1.71 bits per heavy atom. The number of alkyl halides is 3. The second-order valence-electron chi connectivity index (χ2n) is 7.47. The van der Waals surface area contributed by atoms with Gasteiger partial charge < -0.3 is 5.32 Å². The molecule has 2 aromatic carbocycles. The van der Waals surface area contributed by atoms with Crippen molar-refractivity contribution >= 4 is 15.9 Å². The highest BCUT2D eigenvalue weighted by molar-refractivity contribution is 7.89. The molecule has 168 valence electrons. The van der Waals surface area contributed by atoms with E-state index in [-0.39, 0.29) is 12.6 Å². The van der Waals surface area contributed by atoms with Crippen molar-refractivity contribution < 1.29 is 30.8 Å². The molecule has 0 aliphatic heterocycles. The molecule has 1 N–H and O–H groups in total. The van der Waals surface area contributed by atoms with Crippen LogP contribution in [0.5, 0.6) is 0 Å². The molecule has 0 atom stereocenters. The molecular weight excluding hydrogens is 436 g/mol. The van der Waals surface area contributed by atoms with E-state index in [1.165, 1.54) is 12.1 Å². The summed E-state index contributed by atoms with van der Waals surface area (Å²) in [6, 6.07) is 8.33. The maximum atomic E-state index is 13.2. The molecule has 1 saturated carbocycles. The van der Waals surface area contributed by atoms with Gasteiger partial charge in [-0.2, -0.15) is 17.5 Å². The van der Waals surface area contributed by atoms with Gasteiger partial charge in [0.2, 0.25) is 15.9 Å². The predicted molar refractivity (Wildman–Crippen MR) is 106 cm³/mol. The van der Waals surface area contributed by atoms with Crippen LogP contribution in [0.3, 0.4) is 0 Å². The van der Waals surface area contributed by atoms with E-state index in [2.05, 4.69) is 5.32 Å². The smallest absolute Gasteiger partial charge is 0.352 e. The number of benzene rings is 2. The zero-order chi connectivity index (χ0) is 22.6. The summed E-state index contributed by atoms with van der Waals surface area (Å²) in [5.41, 5.74) is -0.712. The Balaban J connectivity index is 1.89. The van der Waals surface area contributed by atoms with Gasteiger partial charge in [-0.1, -0.05) is 31.0 Å². The number of hydrogen-bond donors (Lipinski definition) is 1. The average Bonchev–Trinajstić information content (AvgIpc) is 3.21. The van der Waals surface area contributed by atoms with Crippen LogP contribution in [0.25, 0.3) is 0 Å². The predicted octanol–water partition coefficient (Wildman–Crippen LogP) is 4.09. The highest BCUT2D eigenvalue weighted by atomic mass is 32.2. The number of halogens is 4. The van der Waals surface area contributed by atoms with Gasteiger partial charge in [0.25, 0.3) is 0 Å². The van der Waals surface area contributed by atoms with Crippen molar-refractivity contribution in [2.75, 3.05) is 6.54 Å². The molecule has 1 aliphatic rings. The Kier molecular flexibility index (Phi) is 7.00. The van der Waals surface area contributed by atoms with Crippen molar-refractivity contribution in [3.63, 3.8) is 0 Å². The molecule has 0 saturated heterocycles. The van der Waals surface area contributed by atoms with Crippen LogP contribution in [0.1, 0.15) is 36.8 Å². The first-order valence-corrected chi connectivity index (χ1v) is 11.2. The maximum Gasteiger partial charge on any atom is 0.416 e. The number of hydrogen-bond acceptors (Lipinski definition) is 3. The van der Waals surface area contributed by atoms with Crippen molar-refractivity contribution in [3.05, 3.63) is 65.5 Å². The largest absolute Gasteiger partial charge is 0.416 e. The first-order valence-electron chi connectivity index (χ1n) is 9.77. The highest BCUT2D eigenvalue weighted by Gasteiger charge is 2.34. The van der Waals surface area contributed by atoms with Gasteiger partial charge in [0.15, 0.2) is 0 Å². The molecule has 2 aromatic rings. The van der Waals surface area contributed by atoms with E-state index >= 15 is 0 Å². The van der Waals surface area contributed by atoms with Crippen LogP contribution >= 0.6 is 0 Å². The zero-order valence-electron chi connectivity index (χ0n) is 16.5. The average molecular weight is 458 g/mol.